The Morgan fingerprint density at radius 2 is 2.17 bits per heavy atom. The van der Waals surface area contributed by atoms with Crippen LogP contribution in [0.4, 0.5) is 0 Å². The number of hydrogen-bond acceptors (Lipinski definition) is 3. The molecule has 0 fully saturated rings. The van der Waals surface area contributed by atoms with Crippen LogP contribution >= 0.6 is 15.9 Å². The fraction of sp³-hybridized carbons (Fsp3) is 0.231. The molecule has 0 spiro atoms. The number of aromatic nitrogens is 3. The molecule has 2 rings (SSSR count). The monoisotopic (exact) mass is 307 g/mol. The van der Waals surface area contributed by atoms with Crippen molar-refractivity contribution in [2.45, 2.75) is 12.6 Å². The molecule has 0 bridgehead atoms. The van der Waals surface area contributed by atoms with Crippen molar-refractivity contribution >= 4 is 15.9 Å². The molecule has 5 heteroatoms. The lowest BCUT2D eigenvalue weighted by molar-refractivity contribution is 0.0579. The van der Waals surface area contributed by atoms with Crippen molar-refractivity contribution in [2.75, 3.05) is 6.61 Å². The van der Waals surface area contributed by atoms with Crippen molar-refractivity contribution in [2.24, 2.45) is 0 Å². The zero-order chi connectivity index (χ0) is 12.8. The summed E-state index contributed by atoms with van der Waals surface area (Å²) in [5, 5.41) is 4.10. The molecule has 0 aliphatic carbocycles. The third-order valence-corrected chi connectivity index (χ3v) is 3.01. The first kappa shape index (κ1) is 13.0. The summed E-state index contributed by atoms with van der Waals surface area (Å²) in [4.78, 5) is 3.93. The van der Waals surface area contributed by atoms with Gasteiger partial charge in [-0.1, -0.05) is 34.1 Å². The van der Waals surface area contributed by atoms with Gasteiger partial charge >= 0.3 is 0 Å². The first-order valence-corrected chi connectivity index (χ1v) is 6.39. The molecular formula is C13H14BrN3O. The van der Waals surface area contributed by atoms with Gasteiger partial charge in [0.25, 0.3) is 0 Å². The Hall–Kier alpha value is -1.46. The van der Waals surface area contributed by atoms with Crippen molar-refractivity contribution in [3.63, 3.8) is 0 Å². The highest BCUT2D eigenvalue weighted by Gasteiger charge is 2.12. The lowest BCUT2D eigenvalue weighted by atomic mass is 10.1. The molecule has 2 aromatic rings. The highest BCUT2D eigenvalue weighted by atomic mass is 79.9. The van der Waals surface area contributed by atoms with Gasteiger partial charge in [-0.15, -0.1) is 6.58 Å². The fourth-order valence-corrected chi connectivity index (χ4v) is 1.88. The molecule has 18 heavy (non-hydrogen) atoms. The van der Waals surface area contributed by atoms with E-state index >= 15 is 0 Å². The Balaban J connectivity index is 2.13. The Labute approximate surface area is 114 Å². The van der Waals surface area contributed by atoms with E-state index < -0.39 is 0 Å². The van der Waals surface area contributed by atoms with Crippen molar-refractivity contribution in [1.29, 1.82) is 0 Å². The zero-order valence-electron chi connectivity index (χ0n) is 9.87. The second-order valence-corrected chi connectivity index (χ2v) is 4.70. The molecule has 0 radical (unpaired) electrons. The normalized spacial score (nSPS) is 12.3. The van der Waals surface area contributed by atoms with Crippen molar-refractivity contribution in [3.8, 4) is 0 Å². The van der Waals surface area contributed by atoms with Crippen LogP contribution in [0.2, 0.25) is 0 Å². The summed E-state index contributed by atoms with van der Waals surface area (Å²) in [6.07, 6.45) is 4.89. The average Bonchev–Trinajstić information content (AvgIpc) is 2.88. The smallest absolute Gasteiger partial charge is 0.137 e. The molecule has 1 unspecified atom stereocenters. The van der Waals surface area contributed by atoms with Gasteiger partial charge in [-0.25, -0.2) is 4.98 Å². The largest absolute Gasteiger partial charge is 0.368 e. The average molecular weight is 308 g/mol. The molecule has 0 N–H and O–H groups in total. The Kier molecular flexibility index (Phi) is 4.66. The van der Waals surface area contributed by atoms with E-state index in [2.05, 4.69) is 32.6 Å². The van der Waals surface area contributed by atoms with Crippen LogP contribution in [-0.4, -0.2) is 21.4 Å². The van der Waals surface area contributed by atoms with Gasteiger partial charge in [-0.2, -0.15) is 5.10 Å². The van der Waals surface area contributed by atoms with Crippen LogP contribution in [-0.2, 0) is 11.3 Å². The molecule has 0 saturated carbocycles. The van der Waals surface area contributed by atoms with E-state index in [1.807, 2.05) is 24.3 Å². The minimum absolute atomic E-state index is 0.0576. The van der Waals surface area contributed by atoms with E-state index in [0.717, 1.165) is 10.0 Å². The summed E-state index contributed by atoms with van der Waals surface area (Å²) in [6.45, 7) is 4.81. The van der Waals surface area contributed by atoms with Gasteiger partial charge in [0.2, 0.25) is 0 Å². The zero-order valence-corrected chi connectivity index (χ0v) is 11.5. The van der Waals surface area contributed by atoms with E-state index in [-0.39, 0.29) is 6.10 Å². The van der Waals surface area contributed by atoms with E-state index in [9.17, 15) is 0 Å². The summed E-state index contributed by atoms with van der Waals surface area (Å²) < 4.78 is 8.58. The number of halogens is 1. The van der Waals surface area contributed by atoms with Gasteiger partial charge in [-0.3, -0.25) is 4.68 Å². The minimum Gasteiger partial charge on any atom is -0.368 e. The maximum absolute atomic E-state index is 5.77. The van der Waals surface area contributed by atoms with Gasteiger partial charge in [0, 0.05) is 4.47 Å². The summed E-state index contributed by atoms with van der Waals surface area (Å²) in [5.74, 6) is 0. The summed E-state index contributed by atoms with van der Waals surface area (Å²) in [6, 6.07) is 8.07. The van der Waals surface area contributed by atoms with Gasteiger partial charge in [0.1, 0.15) is 18.8 Å². The molecule has 0 saturated heterocycles. The molecule has 4 nitrogen and oxygen atoms in total. The van der Waals surface area contributed by atoms with Crippen LogP contribution in [0.15, 0.2) is 54.0 Å². The number of hydrogen-bond donors (Lipinski definition) is 0. The van der Waals surface area contributed by atoms with Crippen LogP contribution in [0.1, 0.15) is 11.7 Å². The Morgan fingerprint density at radius 3 is 2.78 bits per heavy atom. The minimum atomic E-state index is -0.0576. The topological polar surface area (TPSA) is 39.9 Å². The third kappa shape index (κ3) is 3.51. The van der Waals surface area contributed by atoms with Crippen LogP contribution in [0.5, 0.6) is 0 Å². The maximum Gasteiger partial charge on any atom is 0.137 e. The van der Waals surface area contributed by atoms with Gasteiger partial charge in [0.05, 0.1) is 13.2 Å². The summed E-state index contributed by atoms with van der Waals surface area (Å²) in [7, 11) is 0. The predicted molar refractivity (Wildman–Crippen MR) is 73.1 cm³/mol. The van der Waals surface area contributed by atoms with Crippen LogP contribution in [0, 0.1) is 0 Å². The number of rotatable bonds is 6. The molecule has 0 amide bonds. The molecule has 1 atom stereocenters. The SMILES string of the molecule is C=CCOC(Cn1cncn1)c1ccc(Br)cc1. The molecule has 1 heterocycles. The third-order valence-electron chi connectivity index (χ3n) is 2.48. The van der Waals surface area contributed by atoms with Crippen LogP contribution in [0.25, 0.3) is 0 Å². The van der Waals surface area contributed by atoms with Crippen LogP contribution in [0.3, 0.4) is 0 Å². The van der Waals surface area contributed by atoms with Gasteiger partial charge in [-0.05, 0) is 17.7 Å². The molecule has 94 valence electrons. The summed E-state index contributed by atoms with van der Waals surface area (Å²) >= 11 is 3.42. The number of ether oxygens (including phenoxy) is 1. The molecule has 0 aliphatic heterocycles. The van der Waals surface area contributed by atoms with Crippen LogP contribution < -0.4 is 0 Å². The van der Waals surface area contributed by atoms with E-state index in [1.54, 1.807) is 17.1 Å². The lowest BCUT2D eigenvalue weighted by Crippen LogP contribution is -2.13. The summed E-state index contributed by atoms with van der Waals surface area (Å²) in [5.41, 5.74) is 1.11. The maximum atomic E-state index is 5.77. The first-order valence-electron chi connectivity index (χ1n) is 5.60. The lowest BCUT2D eigenvalue weighted by Gasteiger charge is -2.17. The fourth-order valence-electron chi connectivity index (χ4n) is 1.61. The predicted octanol–water partition coefficient (Wildman–Crippen LogP) is 2.98. The van der Waals surface area contributed by atoms with E-state index in [4.69, 9.17) is 4.74 Å². The highest BCUT2D eigenvalue weighted by molar-refractivity contribution is 9.10. The molecule has 1 aromatic carbocycles. The Morgan fingerprint density at radius 1 is 1.39 bits per heavy atom. The van der Waals surface area contributed by atoms with Crippen molar-refractivity contribution in [3.05, 3.63) is 59.6 Å². The van der Waals surface area contributed by atoms with Gasteiger partial charge < -0.3 is 4.74 Å². The van der Waals surface area contributed by atoms with E-state index in [1.165, 1.54) is 6.33 Å². The molecular weight excluding hydrogens is 294 g/mol. The number of nitrogens with zero attached hydrogens (tertiary/aromatic N) is 3. The quantitative estimate of drug-likeness (QED) is 0.770. The number of benzene rings is 1. The van der Waals surface area contributed by atoms with Crippen molar-refractivity contribution < 1.29 is 4.74 Å². The second kappa shape index (κ2) is 6.47. The molecule has 0 aliphatic rings. The van der Waals surface area contributed by atoms with E-state index in [0.29, 0.717) is 13.2 Å². The standard InChI is InChI=1S/C13H14BrN3O/c1-2-7-18-13(8-17-10-15-9-16-17)11-3-5-12(14)6-4-11/h2-6,9-10,13H,1,7-8H2. The first-order chi connectivity index (χ1) is 8.79. The second-order valence-electron chi connectivity index (χ2n) is 3.78. The van der Waals surface area contributed by atoms with Gasteiger partial charge in [0.15, 0.2) is 0 Å². The highest BCUT2D eigenvalue weighted by Crippen LogP contribution is 2.21. The van der Waals surface area contributed by atoms with Crippen molar-refractivity contribution in [1.82, 2.24) is 14.8 Å². The Bertz CT molecular complexity index is 481. The molecule has 1 aromatic heterocycles.